The van der Waals surface area contributed by atoms with Crippen LogP contribution in [-0.2, 0) is 0 Å². The van der Waals surface area contributed by atoms with Gasteiger partial charge in [-0.1, -0.05) is 18.2 Å². The van der Waals surface area contributed by atoms with E-state index in [9.17, 15) is 0 Å². The number of nitrogens with two attached hydrogens (primary N) is 1. The minimum Gasteiger partial charge on any atom is -0.399 e. The van der Waals surface area contributed by atoms with Gasteiger partial charge in [0, 0.05) is 23.9 Å². The third-order valence-corrected chi connectivity index (χ3v) is 2.11. The molecule has 0 atom stereocenters. The van der Waals surface area contributed by atoms with Gasteiger partial charge in [0.15, 0.2) is 18.6 Å². The van der Waals surface area contributed by atoms with E-state index >= 15 is 0 Å². The third-order valence-electron chi connectivity index (χ3n) is 2.11. The predicted octanol–water partition coefficient (Wildman–Crippen LogP) is 2.18. The summed E-state index contributed by atoms with van der Waals surface area (Å²) in [5, 5.41) is 0. The van der Waals surface area contributed by atoms with E-state index in [0.29, 0.717) is 0 Å². The van der Waals surface area contributed by atoms with Crippen molar-refractivity contribution in [1.29, 1.82) is 0 Å². The molecule has 1 heterocycles. The highest BCUT2D eigenvalue weighted by atomic mass is 14.9. The quantitative estimate of drug-likeness (QED) is 0.580. The lowest BCUT2D eigenvalue weighted by molar-refractivity contribution is -0.567. The molecular formula is C13H13N2+. The van der Waals surface area contributed by atoms with Crippen LogP contribution in [0.1, 0.15) is 5.56 Å². The van der Waals surface area contributed by atoms with Crippen molar-refractivity contribution < 1.29 is 4.57 Å². The average molecular weight is 197 g/mol. The Morgan fingerprint density at radius 1 is 0.933 bits per heavy atom. The van der Waals surface area contributed by atoms with E-state index in [4.69, 9.17) is 5.73 Å². The number of pyridine rings is 1. The molecular weight excluding hydrogens is 184 g/mol. The predicted molar refractivity (Wildman–Crippen MR) is 62.7 cm³/mol. The largest absolute Gasteiger partial charge is 0.399 e. The molecule has 0 spiro atoms. The van der Waals surface area contributed by atoms with Gasteiger partial charge in [-0.15, -0.1) is 0 Å². The molecule has 0 saturated carbocycles. The maximum atomic E-state index is 5.60. The monoisotopic (exact) mass is 197 g/mol. The number of nitrogens with zero attached hydrogens (tertiary/aromatic N) is 1. The second-order valence-electron chi connectivity index (χ2n) is 3.31. The fourth-order valence-electron chi connectivity index (χ4n) is 1.29. The third kappa shape index (κ3) is 2.68. The zero-order valence-electron chi connectivity index (χ0n) is 8.38. The Kier molecular flexibility index (Phi) is 2.79. The first-order chi connectivity index (χ1) is 7.34. The summed E-state index contributed by atoms with van der Waals surface area (Å²) in [4.78, 5) is 0. The van der Waals surface area contributed by atoms with Crippen LogP contribution < -0.4 is 10.3 Å². The van der Waals surface area contributed by atoms with Gasteiger partial charge in [-0.05, 0) is 17.7 Å². The van der Waals surface area contributed by atoms with Crippen molar-refractivity contribution >= 4 is 18.0 Å². The molecule has 0 radical (unpaired) electrons. The van der Waals surface area contributed by atoms with E-state index in [1.165, 1.54) is 0 Å². The highest BCUT2D eigenvalue weighted by molar-refractivity contribution is 5.58. The summed E-state index contributed by atoms with van der Waals surface area (Å²) in [6, 6.07) is 13.8. The van der Waals surface area contributed by atoms with Gasteiger partial charge in [0.25, 0.3) is 0 Å². The van der Waals surface area contributed by atoms with Crippen molar-refractivity contribution in [2.45, 2.75) is 0 Å². The van der Waals surface area contributed by atoms with E-state index in [1.807, 2.05) is 71.7 Å². The second kappa shape index (κ2) is 4.42. The molecule has 2 nitrogen and oxygen atoms in total. The van der Waals surface area contributed by atoms with E-state index in [0.717, 1.165) is 11.3 Å². The Labute approximate surface area is 89.3 Å². The molecule has 0 aliphatic rings. The Morgan fingerprint density at radius 2 is 1.60 bits per heavy atom. The number of benzene rings is 1. The summed E-state index contributed by atoms with van der Waals surface area (Å²) < 4.78 is 2.00. The number of nitrogen functional groups attached to an aromatic ring is 1. The van der Waals surface area contributed by atoms with Crippen LogP contribution in [0.25, 0.3) is 12.3 Å². The fraction of sp³-hybridized carbons (Fsp3) is 0. The molecule has 0 amide bonds. The molecule has 2 heteroatoms. The maximum Gasteiger partial charge on any atom is 0.175 e. The van der Waals surface area contributed by atoms with Crippen LogP contribution in [0.2, 0.25) is 0 Å². The highest BCUT2D eigenvalue weighted by Gasteiger charge is 1.91. The van der Waals surface area contributed by atoms with Crippen LogP contribution in [-0.4, -0.2) is 0 Å². The molecule has 0 saturated heterocycles. The molecule has 0 unspecified atom stereocenters. The molecule has 2 N–H and O–H groups in total. The summed E-state index contributed by atoms with van der Waals surface area (Å²) in [5.41, 5.74) is 7.54. The number of aromatic nitrogens is 1. The molecule has 0 aliphatic heterocycles. The molecule has 2 rings (SSSR count). The second-order valence-corrected chi connectivity index (χ2v) is 3.31. The van der Waals surface area contributed by atoms with Crippen LogP contribution >= 0.6 is 0 Å². The molecule has 1 aromatic heterocycles. The zero-order valence-corrected chi connectivity index (χ0v) is 8.38. The van der Waals surface area contributed by atoms with Crippen molar-refractivity contribution in [1.82, 2.24) is 0 Å². The van der Waals surface area contributed by atoms with Crippen molar-refractivity contribution in [3.05, 3.63) is 60.4 Å². The first-order valence-corrected chi connectivity index (χ1v) is 4.84. The Bertz CT molecular complexity index is 444. The fourth-order valence-corrected chi connectivity index (χ4v) is 1.29. The topological polar surface area (TPSA) is 29.9 Å². The van der Waals surface area contributed by atoms with Gasteiger partial charge in [-0.2, -0.15) is 4.57 Å². The van der Waals surface area contributed by atoms with Gasteiger partial charge in [0.2, 0.25) is 0 Å². The van der Waals surface area contributed by atoms with Crippen molar-refractivity contribution in [3.63, 3.8) is 0 Å². The van der Waals surface area contributed by atoms with Crippen LogP contribution in [0, 0.1) is 0 Å². The average Bonchev–Trinajstić information content (AvgIpc) is 2.30. The SMILES string of the molecule is Nc1ccc(C=C[n+]2ccccc2)cc1. The van der Waals surface area contributed by atoms with Gasteiger partial charge < -0.3 is 5.73 Å². The van der Waals surface area contributed by atoms with Crippen molar-refractivity contribution in [2.24, 2.45) is 0 Å². The van der Waals surface area contributed by atoms with Crippen molar-refractivity contribution in [3.8, 4) is 0 Å². The van der Waals surface area contributed by atoms with Gasteiger partial charge in [0.05, 0.1) is 0 Å². The van der Waals surface area contributed by atoms with Gasteiger partial charge in [0.1, 0.15) is 0 Å². The van der Waals surface area contributed by atoms with Gasteiger partial charge in [-0.25, -0.2) is 0 Å². The highest BCUT2D eigenvalue weighted by Crippen LogP contribution is 2.06. The Hall–Kier alpha value is -2.09. The molecule has 0 bridgehead atoms. The van der Waals surface area contributed by atoms with Crippen LogP contribution in [0.15, 0.2) is 54.9 Å². The lowest BCUT2D eigenvalue weighted by atomic mass is 10.2. The first kappa shape index (κ1) is 9.46. The van der Waals surface area contributed by atoms with Crippen LogP contribution in [0.5, 0.6) is 0 Å². The molecule has 2 aromatic rings. The first-order valence-electron chi connectivity index (χ1n) is 4.84. The number of hydrogen-bond acceptors (Lipinski definition) is 1. The summed E-state index contributed by atoms with van der Waals surface area (Å²) >= 11 is 0. The van der Waals surface area contributed by atoms with E-state index in [-0.39, 0.29) is 0 Å². The molecule has 0 fully saturated rings. The normalized spacial score (nSPS) is 10.7. The zero-order chi connectivity index (χ0) is 10.5. The van der Waals surface area contributed by atoms with E-state index < -0.39 is 0 Å². The summed E-state index contributed by atoms with van der Waals surface area (Å²) in [6.45, 7) is 0. The lowest BCUT2D eigenvalue weighted by Crippen LogP contribution is -2.23. The van der Waals surface area contributed by atoms with Gasteiger partial charge >= 0.3 is 0 Å². The smallest absolute Gasteiger partial charge is 0.175 e. The Balaban J connectivity index is 2.15. The maximum absolute atomic E-state index is 5.60. The van der Waals surface area contributed by atoms with E-state index in [1.54, 1.807) is 0 Å². The van der Waals surface area contributed by atoms with Crippen LogP contribution in [0.4, 0.5) is 5.69 Å². The Morgan fingerprint density at radius 3 is 2.27 bits per heavy atom. The number of anilines is 1. The minimum absolute atomic E-state index is 0.791. The minimum atomic E-state index is 0.791. The van der Waals surface area contributed by atoms with Crippen molar-refractivity contribution in [2.75, 3.05) is 5.73 Å². The molecule has 74 valence electrons. The summed E-state index contributed by atoms with van der Waals surface area (Å²) in [7, 11) is 0. The van der Waals surface area contributed by atoms with E-state index in [2.05, 4.69) is 0 Å². The molecule has 1 aromatic carbocycles. The number of rotatable bonds is 2. The van der Waals surface area contributed by atoms with Crippen LogP contribution in [0.3, 0.4) is 0 Å². The standard InChI is InChI=1S/C13H13N2/c14-13-6-4-12(5-7-13)8-11-15-9-2-1-3-10-15/h1-11H,14H2/q+1. The summed E-state index contributed by atoms with van der Waals surface area (Å²) in [5.74, 6) is 0. The number of hydrogen-bond donors (Lipinski definition) is 1. The molecule has 0 aliphatic carbocycles. The lowest BCUT2D eigenvalue weighted by Gasteiger charge is -1.93. The molecule has 15 heavy (non-hydrogen) atoms. The summed E-state index contributed by atoms with van der Waals surface area (Å²) in [6.07, 6.45) is 8.03. The van der Waals surface area contributed by atoms with Gasteiger partial charge in [-0.3, -0.25) is 0 Å².